The van der Waals surface area contributed by atoms with Gasteiger partial charge in [0.15, 0.2) is 5.69 Å². The predicted molar refractivity (Wildman–Crippen MR) is 84.3 cm³/mol. The van der Waals surface area contributed by atoms with Crippen LogP contribution in [-0.2, 0) is 4.74 Å². The quantitative estimate of drug-likeness (QED) is 0.839. The average molecular weight is 328 g/mol. The van der Waals surface area contributed by atoms with E-state index in [0.29, 0.717) is 23.9 Å². The van der Waals surface area contributed by atoms with Gasteiger partial charge in [0.1, 0.15) is 17.7 Å². The maximum Gasteiger partial charge on any atom is 0.276 e. The fourth-order valence-corrected chi connectivity index (χ4v) is 3.59. The highest BCUT2D eigenvalue weighted by molar-refractivity contribution is 5.92. The summed E-state index contributed by atoms with van der Waals surface area (Å²) in [6, 6.07) is 3.59. The van der Waals surface area contributed by atoms with Crippen LogP contribution in [0.25, 0.3) is 0 Å². The molecule has 2 saturated heterocycles. The zero-order valence-corrected chi connectivity index (χ0v) is 13.8. The Labute approximate surface area is 140 Å². The molecule has 0 spiro atoms. The van der Waals surface area contributed by atoms with Crippen molar-refractivity contribution in [3.05, 3.63) is 41.3 Å². The first-order valence-corrected chi connectivity index (χ1v) is 8.28. The average Bonchev–Trinajstić information content (AvgIpc) is 3.19. The summed E-state index contributed by atoms with van der Waals surface area (Å²) in [7, 11) is 0. The van der Waals surface area contributed by atoms with Gasteiger partial charge >= 0.3 is 0 Å². The summed E-state index contributed by atoms with van der Waals surface area (Å²) in [6.07, 6.45) is 3.70. The Hall–Kier alpha value is -2.28. The molecule has 0 N–H and O–H groups in total. The standard InChI is InChI=1S/C17H20N4O3/c1-10-7-14(20-24-10)17(22)21-6-4-12-8-15(23-16(12)9-21)13-3-5-18-11(2)19-13/h3,5,7,12,15-16H,4,6,8-9H2,1-2H3/t12-,15-,16+/m0/s1. The number of piperidine rings is 1. The van der Waals surface area contributed by atoms with Gasteiger partial charge in [0, 0.05) is 25.4 Å². The summed E-state index contributed by atoms with van der Waals surface area (Å²) < 4.78 is 11.2. The Morgan fingerprint density at radius 2 is 2.25 bits per heavy atom. The molecule has 7 heteroatoms. The number of amides is 1. The third-order valence-electron chi connectivity index (χ3n) is 4.81. The lowest BCUT2D eigenvalue weighted by Crippen LogP contribution is -2.45. The molecule has 2 aromatic heterocycles. The Balaban J connectivity index is 1.45. The summed E-state index contributed by atoms with van der Waals surface area (Å²) >= 11 is 0. The summed E-state index contributed by atoms with van der Waals surface area (Å²) in [4.78, 5) is 23.0. The number of hydrogen-bond acceptors (Lipinski definition) is 6. The first-order valence-electron chi connectivity index (χ1n) is 8.28. The number of likely N-dealkylation sites (tertiary alicyclic amines) is 1. The maximum atomic E-state index is 12.5. The molecule has 0 radical (unpaired) electrons. The fraction of sp³-hybridized carbons (Fsp3) is 0.529. The van der Waals surface area contributed by atoms with Gasteiger partial charge in [0.2, 0.25) is 0 Å². The van der Waals surface area contributed by atoms with Gasteiger partial charge < -0.3 is 14.2 Å². The number of nitrogens with zero attached hydrogens (tertiary/aromatic N) is 4. The molecule has 4 heterocycles. The van der Waals surface area contributed by atoms with E-state index >= 15 is 0 Å². The largest absolute Gasteiger partial charge is 0.367 e. The van der Waals surface area contributed by atoms with Crippen molar-refractivity contribution in [3.63, 3.8) is 0 Å². The van der Waals surface area contributed by atoms with Gasteiger partial charge in [-0.25, -0.2) is 9.97 Å². The first-order chi connectivity index (χ1) is 11.6. The van der Waals surface area contributed by atoms with Gasteiger partial charge in [-0.3, -0.25) is 4.79 Å². The van der Waals surface area contributed by atoms with Crippen molar-refractivity contribution < 1.29 is 14.1 Å². The molecule has 3 atom stereocenters. The highest BCUT2D eigenvalue weighted by Gasteiger charge is 2.41. The number of rotatable bonds is 2. The minimum absolute atomic E-state index is 0.00829. The predicted octanol–water partition coefficient (Wildman–Crippen LogP) is 2.07. The zero-order valence-electron chi connectivity index (χ0n) is 13.8. The van der Waals surface area contributed by atoms with Crippen molar-refractivity contribution in [1.82, 2.24) is 20.0 Å². The van der Waals surface area contributed by atoms with Gasteiger partial charge in [-0.15, -0.1) is 0 Å². The Bertz CT molecular complexity index is 760. The highest BCUT2D eigenvalue weighted by Crippen LogP contribution is 2.40. The maximum absolute atomic E-state index is 12.5. The second kappa shape index (κ2) is 5.98. The molecule has 0 aliphatic carbocycles. The van der Waals surface area contributed by atoms with E-state index < -0.39 is 0 Å². The van der Waals surface area contributed by atoms with E-state index in [1.165, 1.54) is 0 Å². The third kappa shape index (κ3) is 2.80. The molecular formula is C17H20N4O3. The molecule has 0 saturated carbocycles. The van der Waals surface area contributed by atoms with Gasteiger partial charge in [0.25, 0.3) is 5.91 Å². The van der Waals surface area contributed by atoms with Crippen LogP contribution in [0.1, 0.15) is 46.7 Å². The van der Waals surface area contributed by atoms with Crippen molar-refractivity contribution in [2.24, 2.45) is 5.92 Å². The van der Waals surface area contributed by atoms with Crippen LogP contribution >= 0.6 is 0 Å². The van der Waals surface area contributed by atoms with Crippen LogP contribution in [0.4, 0.5) is 0 Å². The molecule has 7 nitrogen and oxygen atoms in total. The van der Waals surface area contributed by atoms with E-state index in [1.807, 2.05) is 17.9 Å². The molecule has 2 aliphatic rings. The fourth-order valence-electron chi connectivity index (χ4n) is 3.59. The van der Waals surface area contributed by atoms with E-state index in [2.05, 4.69) is 15.1 Å². The minimum atomic E-state index is -0.0877. The van der Waals surface area contributed by atoms with Crippen molar-refractivity contribution in [1.29, 1.82) is 0 Å². The monoisotopic (exact) mass is 328 g/mol. The van der Waals surface area contributed by atoms with E-state index in [1.54, 1.807) is 19.2 Å². The first kappa shape index (κ1) is 15.3. The van der Waals surface area contributed by atoms with Crippen LogP contribution in [0.5, 0.6) is 0 Å². The van der Waals surface area contributed by atoms with Gasteiger partial charge in [-0.1, -0.05) is 5.16 Å². The summed E-state index contributed by atoms with van der Waals surface area (Å²) in [6.45, 7) is 4.98. The van der Waals surface area contributed by atoms with Crippen LogP contribution in [0.3, 0.4) is 0 Å². The summed E-state index contributed by atoms with van der Waals surface area (Å²) in [5, 5.41) is 3.82. The van der Waals surface area contributed by atoms with E-state index in [4.69, 9.17) is 9.26 Å². The molecule has 4 rings (SSSR count). The Morgan fingerprint density at radius 1 is 1.38 bits per heavy atom. The molecule has 2 aromatic rings. The molecule has 0 aromatic carbocycles. The molecule has 2 fully saturated rings. The highest BCUT2D eigenvalue weighted by atomic mass is 16.5. The van der Waals surface area contributed by atoms with Gasteiger partial charge in [-0.05, 0) is 38.7 Å². The summed E-state index contributed by atoms with van der Waals surface area (Å²) in [5.74, 6) is 1.78. The molecule has 0 unspecified atom stereocenters. The van der Waals surface area contributed by atoms with Crippen LogP contribution in [0, 0.1) is 19.8 Å². The van der Waals surface area contributed by atoms with Crippen molar-refractivity contribution >= 4 is 5.91 Å². The summed E-state index contributed by atoms with van der Waals surface area (Å²) in [5.41, 5.74) is 1.30. The van der Waals surface area contributed by atoms with Crippen LogP contribution < -0.4 is 0 Å². The minimum Gasteiger partial charge on any atom is -0.367 e. The smallest absolute Gasteiger partial charge is 0.276 e. The Morgan fingerprint density at radius 3 is 3.00 bits per heavy atom. The second-order valence-corrected chi connectivity index (χ2v) is 6.55. The zero-order chi connectivity index (χ0) is 16.7. The number of carbonyl (C=O) groups excluding carboxylic acids is 1. The number of aryl methyl sites for hydroxylation is 2. The lowest BCUT2D eigenvalue weighted by Gasteiger charge is -2.33. The number of carbonyl (C=O) groups is 1. The topological polar surface area (TPSA) is 81.4 Å². The molecular weight excluding hydrogens is 308 g/mol. The van der Waals surface area contributed by atoms with Crippen LogP contribution in [0.15, 0.2) is 22.9 Å². The van der Waals surface area contributed by atoms with Crippen LogP contribution in [-0.4, -0.2) is 45.1 Å². The number of ether oxygens (including phenoxy) is 1. The molecule has 1 amide bonds. The third-order valence-corrected chi connectivity index (χ3v) is 4.81. The molecule has 24 heavy (non-hydrogen) atoms. The van der Waals surface area contributed by atoms with Crippen LogP contribution in [0.2, 0.25) is 0 Å². The molecule has 0 bridgehead atoms. The number of fused-ring (bicyclic) bond motifs is 1. The van der Waals surface area contributed by atoms with Crippen molar-refractivity contribution in [2.45, 2.75) is 38.9 Å². The second-order valence-electron chi connectivity index (χ2n) is 6.55. The molecule has 126 valence electrons. The van der Waals surface area contributed by atoms with Crippen molar-refractivity contribution in [3.8, 4) is 0 Å². The lowest BCUT2D eigenvalue weighted by atomic mass is 9.91. The van der Waals surface area contributed by atoms with Gasteiger partial charge in [-0.2, -0.15) is 0 Å². The van der Waals surface area contributed by atoms with E-state index in [0.717, 1.165) is 30.9 Å². The lowest BCUT2D eigenvalue weighted by molar-refractivity contribution is -0.00594. The van der Waals surface area contributed by atoms with E-state index in [9.17, 15) is 4.79 Å². The number of hydrogen-bond donors (Lipinski definition) is 0. The normalized spacial score (nSPS) is 26.4. The SMILES string of the molecule is Cc1nccc([C@@H]2C[C@@H]3CCN(C(=O)c4cc(C)on4)C[C@H]3O2)n1. The van der Waals surface area contributed by atoms with E-state index in [-0.39, 0.29) is 18.1 Å². The Kier molecular flexibility index (Phi) is 3.80. The van der Waals surface area contributed by atoms with Crippen molar-refractivity contribution in [2.75, 3.05) is 13.1 Å². The molecule has 2 aliphatic heterocycles. The van der Waals surface area contributed by atoms with Gasteiger partial charge in [0.05, 0.1) is 11.8 Å². The number of aromatic nitrogens is 3.